The van der Waals surface area contributed by atoms with Crippen molar-refractivity contribution in [2.24, 2.45) is 4.99 Å². The van der Waals surface area contributed by atoms with Crippen LogP contribution >= 0.6 is 11.3 Å². The van der Waals surface area contributed by atoms with E-state index in [9.17, 15) is 9.59 Å². The van der Waals surface area contributed by atoms with E-state index in [0.29, 0.717) is 22.2 Å². The summed E-state index contributed by atoms with van der Waals surface area (Å²) in [6.45, 7) is 1.81. The molecule has 1 aliphatic carbocycles. The maximum Gasteiger partial charge on any atom is 0.279 e. The van der Waals surface area contributed by atoms with E-state index in [1.165, 1.54) is 11.3 Å². The highest BCUT2D eigenvalue weighted by molar-refractivity contribution is 7.07. The number of nitrogens with one attached hydrogen (secondary N) is 1. The molecule has 0 aliphatic heterocycles. The van der Waals surface area contributed by atoms with Crippen LogP contribution in [-0.2, 0) is 4.79 Å². The number of hydrogen-bond donors (Lipinski definition) is 1. The number of rotatable bonds is 5. The van der Waals surface area contributed by atoms with Crippen LogP contribution in [0.25, 0.3) is 0 Å². The van der Waals surface area contributed by atoms with Crippen molar-refractivity contribution in [1.82, 2.24) is 9.88 Å². The van der Waals surface area contributed by atoms with E-state index < -0.39 is 6.04 Å². The van der Waals surface area contributed by atoms with E-state index in [0.717, 1.165) is 12.8 Å². The zero-order valence-corrected chi connectivity index (χ0v) is 14.4. The summed E-state index contributed by atoms with van der Waals surface area (Å²) in [6.07, 6.45) is 3.86. The van der Waals surface area contributed by atoms with Gasteiger partial charge in [-0.2, -0.15) is 4.99 Å². The molecular formula is C17H19N3O3S. The molecule has 0 radical (unpaired) electrons. The molecule has 1 atom stereocenters. The molecule has 1 saturated carbocycles. The number of hydrogen-bond acceptors (Lipinski definition) is 4. The van der Waals surface area contributed by atoms with Crippen molar-refractivity contribution in [2.75, 3.05) is 7.11 Å². The number of thiazole rings is 1. The molecule has 0 saturated heterocycles. The van der Waals surface area contributed by atoms with Crippen molar-refractivity contribution in [1.29, 1.82) is 0 Å². The van der Waals surface area contributed by atoms with Crippen LogP contribution in [-0.4, -0.2) is 29.5 Å². The van der Waals surface area contributed by atoms with Crippen LogP contribution in [0, 0.1) is 0 Å². The van der Waals surface area contributed by atoms with E-state index in [2.05, 4.69) is 10.3 Å². The third kappa shape index (κ3) is 3.73. The highest BCUT2D eigenvalue weighted by atomic mass is 32.1. The molecular weight excluding hydrogens is 326 g/mol. The average Bonchev–Trinajstić information content (AvgIpc) is 3.29. The van der Waals surface area contributed by atoms with Crippen LogP contribution in [0.5, 0.6) is 5.75 Å². The van der Waals surface area contributed by atoms with Gasteiger partial charge in [0.2, 0.25) is 5.91 Å². The van der Waals surface area contributed by atoms with Gasteiger partial charge in [-0.05, 0) is 38.0 Å². The zero-order valence-electron chi connectivity index (χ0n) is 13.6. The summed E-state index contributed by atoms with van der Waals surface area (Å²) in [6, 6.07) is 6.75. The van der Waals surface area contributed by atoms with Gasteiger partial charge in [0.1, 0.15) is 11.8 Å². The summed E-state index contributed by atoms with van der Waals surface area (Å²) in [7, 11) is 1.55. The Balaban J connectivity index is 1.83. The van der Waals surface area contributed by atoms with Gasteiger partial charge in [-0.3, -0.25) is 9.59 Å². The van der Waals surface area contributed by atoms with Crippen molar-refractivity contribution in [3.63, 3.8) is 0 Å². The molecule has 0 spiro atoms. The Labute approximate surface area is 143 Å². The number of benzene rings is 1. The standard InChI is InChI=1S/C17H19N3O3S/c1-11(15(21)18-13-6-7-13)20-8-9-24-17(20)19-16(22)12-4-3-5-14(10-12)23-2/h3-5,8-11,13H,6-7H2,1-2H3,(H,18,21)/t11-/m0/s1. The molecule has 1 aromatic carbocycles. The smallest absolute Gasteiger partial charge is 0.279 e. The van der Waals surface area contributed by atoms with Gasteiger partial charge in [0.25, 0.3) is 5.91 Å². The molecule has 0 bridgehead atoms. The largest absolute Gasteiger partial charge is 0.497 e. The minimum atomic E-state index is -0.409. The van der Waals surface area contributed by atoms with Gasteiger partial charge in [-0.15, -0.1) is 11.3 Å². The Morgan fingerprint density at radius 1 is 1.42 bits per heavy atom. The molecule has 1 heterocycles. The van der Waals surface area contributed by atoms with E-state index in [1.807, 2.05) is 5.38 Å². The summed E-state index contributed by atoms with van der Waals surface area (Å²) < 4.78 is 6.85. The first-order valence-corrected chi connectivity index (χ1v) is 8.65. The molecule has 1 aliphatic rings. The topological polar surface area (TPSA) is 72.7 Å². The fraction of sp³-hybridized carbons (Fsp3) is 0.353. The summed E-state index contributed by atoms with van der Waals surface area (Å²) in [5.74, 6) is 0.193. The van der Waals surface area contributed by atoms with Crippen molar-refractivity contribution >= 4 is 23.2 Å². The van der Waals surface area contributed by atoms with Crippen LogP contribution in [0.15, 0.2) is 40.8 Å². The summed E-state index contributed by atoms with van der Waals surface area (Å²) >= 11 is 1.33. The number of ether oxygens (including phenoxy) is 1. The molecule has 7 heteroatoms. The number of amides is 2. The molecule has 2 amide bonds. The first-order chi connectivity index (χ1) is 11.6. The Morgan fingerprint density at radius 3 is 2.92 bits per heavy atom. The second-order valence-electron chi connectivity index (χ2n) is 5.70. The predicted octanol–water partition coefficient (Wildman–Crippen LogP) is 2.14. The monoisotopic (exact) mass is 345 g/mol. The lowest BCUT2D eigenvalue weighted by atomic mass is 10.2. The summed E-state index contributed by atoms with van der Waals surface area (Å²) in [5, 5.41) is 4.79. The number of carbonyl (C=O) groups excluding carboxylic acids is 2. The first kappa shape index (κ1) is 16.4. The number of methoxy groups -OCH3 is 1. The molecule has 0 unspecified atom stereocenters. The fourth-order valence-corrected chi connectivity index (χ4v) is 3.03. The number of carbonyl (C=O) groups is 2. The van der Waals surface area contributed by atoms with E-state index in [1.54, 1.807) is 49.1 Å². The Bertz CT molecular complexity index is 820. The van der Waals surface area contributed by atoms with Gasteiger partial charge < -0.3 is 14.6 Å². The fourth-order valence-electron chi connectivity index (χ4n) is 2.24. The normalized spacial score (nSPS) is 15.8. The molecule has 2 aromatic rings. The quantitative estimate of drug-likeness (QED) is 0.902. The third-order valence-electron chi connectivity index (χ3n) is 3.85. The number of nitrogens with zero attached hydrogens (tertiary/aromatic N) is 2. The first-order valence-electron chi connectivity index (χ1n) is 7.77. The van der Waals surface area contributed by atoms with Crippen LogP contribution in [0.3, 0.4) is 0 Å². The minimum Gasteiger partial charge on any atom is -0.497 e. The molecule has 3 rings (SSSR count). The van der Waals surface area contributed by atoms with Gasteiger partial charge in [0, 0.05) is 23.2 Å². The van der Waals surface area contributed by atoms with Crippen LogP contribution < -0.4 is 14.9 Å². The van der Waals surface area contributed by atoms with Crippen molar-refractivity contribution in [3.8, 4) is 5.75 Å². The average molecular weight is 345 g/mol. The Kier molecular flexibility index (Phi) is 4.80. The van der Waals surface area contributed by atoms with Crippen LogP contribution in [0.1, 0.15) is 36.2 Å². The molecule has 1 N–H and O–H groups in total. The number of aromatic nitrogens is 1. The maximum absolute atomic E-state index is 12.4. The Morgan fingerprint density at radius 2 is 2.21 bits per heavy atom. The van der Waals surface area contributed by atoms with Crippen LogP contribution in [0.2, 0.25) is 0 Å². The summed E-state index contributed by atoms with van der Waals surface area (Å²) in [5.41, 5.74) is 0.449. The summed E-state index contributed by atoms with van der Waals surface area (Å²) in [4.78, 5) is 29.3. The highest BCUT2D eigenvalue weighted by Crippen LogP contribution is 2.20. The minimum absolute atomic E-state index is 0.0498. The molecule has 126 valence electrons. The second kappa shape index (κ2) is 7.00. The van der Waals surface area contributed by atoms with Gasteiger partial charge >= 0.3 is 0 Å². The predicted molar refractivity (Wildman–Crippen MR) is 91.1 cm³/mol. The van der Waals surface area contributed by atoms with Crippen LogP contribution in [0.4, 0.5) is 0 Å². The molecule has 1 aromatic heterocycles. The van der Waals surface area contributed by atoms with Crippen molar-refractivity contribution < 1.29 is 14.3 Å². The van der Waals surface area contributed by atoms with Gasteiger partial charge in [-0.25, -0.2) is 0 Å². The van der Waals surface area contributed by atoms with Crippen molar-refractivity contribution in [3.05, 3.63) is 46.2 Å². The zero-order chi connectivity index (χ0) is 17.1. The molecule has 24 heavy (non-hydrogen) atoms. The SMILES string of the molecule is COc1cccc(C(=O)N=c2sccn2[C@@H](C)C(=O)NC2CC2)c1. The van der Waals surface area contributed by atoms with Gasteiger partial charge in [0.15, 0.2) is 4.80 Å². The highest BCUT2D eigenvalue weighted by Gasteiger charge is 2.26. The van der Waals surface area contributed by atoms with E-state index >= 15 is 0 Å². The lowest BCUT2D eigenvalue weighted by Gasteiger charge is -2.13. The van der Waals surface area contributed by atoms with Crippen molar-refractivity contribution in [2.45, 2.75) is 31.8 Å². The lowest BCUT2D eigenvalue weighted by molar-refractivity contribution is -0.124. The third-order valence-corrected chi connectivity index (χ3v) is 4.62. The van der Waals surface area contributed by atoms with E-state index in [4.69, 9.17) is 4.74 Å². The van der Waals surface area contributed by atoms with Gasteiger partial charge in [-0.1, -0.05) is 6.07 Å². The Hall–Kier alpha value is -2.41. The maximum atomic E-state index is 12.4. The van der Waals surface area contributed by atoms with E-state index in [-0.39, 0.29) is 11.8 Å². The molecule has 6 nitrogen and oxygen atoms in total. The van der Waals surface area contributed by atoms with Gasteiger partial charge in [0.05, 0.1) is 7.11 Å². The second-order valence-corrected chi connectivity index (χ2v) is 6.57. The lowest BCUT2D eigenvalue weighted by Crippen LogP contribution is -2.35. The molecule has 1 fully saturated rings.